The topological polar surface area (TPSA) is 95.9 Å². The minimum atomic E-state index is -0.667. The van der Waals surface area contributed by atoms with Gasteiger partial charge in [0.2, 0.25) is 5.91 Å². The number of nitrogens with one attached hydrogen (secondary N) is 1. The lowest BCUT2D eigenvalue weighted by Gasteiger charge is -2.22. The molecule has 1 amide bonds. The number of ether oxygens (including phenoxy) is 1. The molecule has 0 heterocycles. The van der Waals surface area contributed by atoms with Crippen LogP contribution in [0.4, 0.5) is 0 Å². The van der Waals surface area contributed by atoms with Crippen molar-refractivity contribution in [2.45, 2.75) is 373 Å². The Kier molecular flexibility index (Phi) is 60.5. The van der Waals surface area contributed by atoms with Crippen LogP contribution in [0.2, 0.25) is 0 Å². The van der Waals surface area contributed by atoms with Crippen molar-refractivity contribution in [2.24, 2.45) is 0 Å². The monoisotopic (exact) mass is 1010 g/mol. The first-order valence-corrected chi connectivity index (χ1v) is 32.6. The van der Waals surface area contributed by atoms with Gasteiger partial charge in [0.1, 0.15) is 0 Å². The van der Waals surface area contributed by atoms with E-state index in [-0.39, 0.29) is 18.5 Å². The molecule has 0 aromatic rings. The van der Waals surface area contributed by atoms with Crippen molar-refractivity contribution in [3.63, 3.8) is 0 Å². The number of esters is 1. The van der Waals surface area contributed by atoms with Gasteiger partial charge in [0, 0.05) is 12.8 Å². The average molecular weight is 1010 g/mol. The summed E-state index contributed by atoms with van der Waals surface area (Å²) in [5.74, 6) is -0.0305. The molecule has 0 aliphatic rings. The molecule has 0 fully saturated rings. The van der Waals surface area contributed by atoms with Crippen LogP contribution in [0, 0.1) is 0 Å². The molecule has 0 spiro atoms. The summed E-state index contributed by atoms with van der Waals surface area (Å²) in [7, 11) is 0. The number of hydrogen-bond acceptors (Lipinski definition) is 5. The van der Waals surface area contributed by atoms with Crippen LogP contribution in [0.3, 0.4) is 0 Å². The highest BCUT2D eigenvalue weighted by molar-refractivity contribution is 5.76. The average Bonchev–Trinajstić information content (AvgIpc) is 3.38. The van der Waals surface area contributed by atoms with Crippen LogP contribution >= 0.6 is 0 Å². The van der Waals surface area contributed by atoms with E-state index in [0.29, 0.717) is 25.9 Å². The maximum absolute atomic E-state index is 12.5. The highest BCUT2D eigenvalue weighted by atomic mass is 16.5. The maximum atomic E-state index is 12.5. The first-order chi connectivity index (χ1) is 35.5. The first kappa shape index (κ1) is 70.3. The molecule has 0 aliphatic carbocycles. The number of amides is 1. The van der Waals surface area contributed by atoms with E-state index in [4.69, 9.17) is 4.74 Å². The molecule has 2 atom stereocenters. The summed E-state index contributed by atoms with van der Waals surface area (Å²) in [4.78, 5) is 24.6. The van der Waals surface area contributed by atoms with Gasteiger partial charge in [-0.25, -0.2) is 0 Å². The maximum Gasteiger partial charge on any atom is 0.305 e. The fourth-order valence-electron chi connectivity index (χ4n) is 10.2. The van der Waals surface area contributed by atoms with Gasteiger partial charge < -0.3 is 20.3 Å². The third-order valence-corrected chi connectivity index (χ3v) is 15.2. The lowest BCUT2D eigenvalue weighted by atomic mass is 10.0. The molecule has 6 nitrogen and oxygen atoms in total. The Morgan fingerprint density at radius 3 is 0.986 bits per heavy atom. The Morgan fingerprint density at radius 1 is 0.375 bits per heavy atom. The fraction of sp³-hybridized carbons (Fsp3) is 0.909. The number of rotatable bonds is 61. The lowest BCUT2D eigenvalue weighted by molar-refractivity contribution is -0.143. The molecule has 0 rings (SSSR count). The van der Waals surface area contributed by atoms with E-state index in [2.05, 4.69) is 43.5 Å². The predicted octanol–water partition coefficient (Wildman–Crippen LogP) is 20.6. The van der Waals surface area contributed by atoms with Crippen LogP contribution in [-0.2, 0) is 14.3 Å². The van der Waals surface area contributed by atoms with Crippen LogP contribution in [0.25, 0.3) is 0 Å². The molecule has 6 heteroatoms. The highest BCUT2D eigenvalue weighted by Crippen LogP contribution is 2.18. The van der Waals surface area contributed by atoms with Crippen molar-refractivity contribution in [3.8, 4) is 0 Å². The van der Waals surface area contributed by atoms with Crippen molar-refractivity contribution >= 4 is 11.9 Å². The van der Waals surface area contributed by atoms with Gasteiger partial charge in [0.05, 0.1) is 25.4 Å². The molecule has 0 aliphatic heterocycles. The summed E-state index contributed by atoms with van der Waals surface area (Å²) >= 11 is 0. The third kappa shape index (κ3) is 57.6. The van der Waals surface area contributed by atoms with Gasteiger partial charge in [-0.3, -0.25) is 9.59 Å². The normalized spacial score (nSPS) is 12.7. The standard InChI is InChI=1S/C66H127NO5/c1-3-5-7-9-11-13-15-17-19-20-29-32-36-40-44-48-52-56-60-66(71)72-61-57-53-49-45-41-37-33-30-27-25-23-21-22-24-26-28-31-35-39-43-47-51-55-59-65(70)67-63(62-68)64(69)58-54-50-46-42-38-34-18-16-14-12-10-8-6-4-2/h19-20,24,26,63-64,68-69H,3-18,21-23,25,27-62H2,1-2H3,(H,67,70)/b20-19-,26-24-. The molecule has 0 saturated carbocycles. The van der Waals surface area contributed by atoms with Gasteiger partial charge in [0.15, 0.2) is 0 Å². The summed E-state index contributed by atoms with van der Waals surface area (Å²) < 4.78 is 5.50. The zero-order valence-corrected chi connectivity index (χ0v) is 48.7. The van der Waals surface area contributed by atoms with Crippen molar-refractivity contribution in [2.75, 3.05) is 13.2 Å². The second kappa shape index (κ2) is 61.9. The minimum Gasteiger partial charge on any atom is -0.466 e. The smallest absolute Gasteiger partial charge is 0.305 e. The molecule has 0 radical (unpaired) electrons. The molecular weight excluding hydrogens is 887 g/mol. The second-order valence-corrected chi connectivity index (χ2v) is 22.4. The van der Waals surface area contributed by atoms with E-state index in [1.54, 1.807) is 0 Å². The number of aliphatic hydroxyl groups excluding tert-OH is 2. The molecule has 3 N–H and O–H groups in total. The summed E-state index contributed by atoms with van der Waals surface area (Å²) in [5.41, 5.74) is 0. The van der Waals surface area contributed by atoms with E-state index < -0.39 is 12.1 Å². The van der Waals surface area contributed by atoms with Crippen LogP contribution < -0.4 is 5.32 Å². The fourth-order valence-corrected chi connectivity index (χ4v) is 10.2. The first-order valence-electron chi connectivity index (χ1n) is 32.6. The zero-order chi connectivity index (χ0) is 52.2. The van der Waals surface area contributed by atoms with Gasteiger partial charge in [-0.05, 0) is 77.0 Å². The van der Waals surface area contributed by atoms with E-state index >= 15 is 0 Å². The van der Waals surface area contributed by atoms with Crippen molar-refractivity contribution in [1.29, 1.82) is 0 Å². The lowest BCUT2D eigenvalue weighted by Crippen LogP contribution is -2.45. The number of unbranched alkanes of at least 4 members (excludes halogenated alkanes) is 46. The summed E-state index contributed by atoms with van der Waals surface area (Å²) in [6.45, 7) is 4.97. The molecule has 0 aromatic heterocycles. The molecule has 0 bridgehead atoms. The van der Waals surface area contributed by atoms with Crippen molar-refractivity contribution in [3.05, 3.63) is 24.3 Å². The Balaban J connectivity index is 3.39. The Labute approximate surface area is 450 Å². The van der Waals surface area contributed by atoms with E-state index in [9.17, 15) is 19.8 Å². The Bertz CT molecular complexity index is 1120. The van der Waals surface area contributed by atoms with Crippen LogP contribution in [0.5, 0.6) is 0 Å². The highest BCUT2D eigenvalue weighted by Gasteiger charge is 2.20. The summed E-state index contributed by atoms with van der Waals surface area (Å²) in [6.07, 6.45) is 76.3. The quantitative estimate of drug-likeness (QED) is 0.0320. The molecule has 0 saturated heterocycles. The van der Waals surface area contributed by atoms with Gasteiger partial charge >= 0.3 is 5.97 Å². The second-order valence-electron chi connectivity index (χ2n) is 22.4. The third-order valence-electron chi connectivity index (χ3n) is 15.2. The Hall–Kier alpha value is -1.66. The number of hydrogen-bond donors (Lipinski definition) is 3. The summed E-state index contributed by atoms with van der Waals surface area (Å²) in [5, 5.41) is 23.3. The minimum absolute atomic E-state index is 0.00914. The van der Waals surface area contributed by atoms with E-state index in [1.807, 2.05) is 0 Å². The number of allylic oxidation sites excluding steroid dienone is 4. The predicted molar refractivity (Wildman–Crippen MR) is 315 cm³/mol. The van der Waals surface area contributed by atoms with Crippen LogP contribution in [-0.4, -0.2) is 47.4 Å². The summed E-state index contributed by atoms with van der Waals surface area (Å²) in [6, 6.07) is -0.545. The van der Waals surface area contributed by atoms with Gasteiger partial charge in [0.25, 0.3) is 0 Å². The molecule has 0 aromatic carbocycles. The molecule has 72 heavy (non-hydrogen) atoms. The SMILES string of the molecule is CCCCCCCCC/C=C\CCCCCCCCCC(=O)OCCCCCCCCCCCCCC/C=C\CCCCCCCCCC(=O)NC(CO)C(O)CCCCCCCCCCCCCCCC. The molecular formula is C66H127NO5. The van der Waals surface area contributed by atoms with Gasteiger partial charge in [-0.1, -0.05) is 295 Å². The van der Waals surface area contributed by atoms with E-state index in [0.717, 1.165) is 44.9 Å². The zero-order valence-electron chi connectivity index (χ0n) is 48.7. The van der Waals surface area contributed by atoms with Crippen LogP contribution in [0.1, 0.15) is 361 Å². The molecule has 426 valence electrons. The largest absolute Gasteiger partial charge is 0.466 e. The number of aliphatic hydroxyl groups is 2. The van der Waals surface area contributed by atoms with Crippen molar-refractivity contribution in [1.82, 2.24) is 5.32 Å². The number of carbonyl (C=O) groups excluding carboxylic acids is 2. The van der Waals surface area contributed by atoms with Crippen LogP contribution in [0.15, 0.2) is 24.3 Å². The van der Waals surface area contributed by atoms with Crippen molar-refractivity contribution < 1.29 is 24.5 Å². The molecule has 2 unspecified atom stereocenters. The van der Waals surface area contributed by atoms with Gasteiger partial charge in [-0.15, -0.1) is 0 Å². The van der Waals surface area contributed by atoms with Gasteiger partial charge in [-0.2, -0.15) is 0 Å². The Morgan fingerprint density at radius 2 is 0.653 bits per heavy atom. The van der Waals surface area contributed by atoms with E-state index in [1.165, 1.54) is 283 Å². The number of carbonyl (C=O) groups is 2.